The van der Waals surface area contributed by atoms with E-state index < -0.39 is 0 Å². The van der Waals surface area contributed by atoms with Crippen molar-refractivity contribution in [2.75, 3.05) is 6.54 Å². The first-order chi connectivity index (χ1) is 7.29. The Morgan fingerprint density at radius 2 is 2.60 bits per heavy atom. The predicted octanol–water partition coefficient (Wildman–Crippen LogP) is -0.119. The second-order valence-electron chi connectivity index (χ2n) is 3.76. The predicted molar refractivity (Wildman–Crippen MR) is 56.2 cm³/mol. The van der Waals surface area contributed by atoms with Crippen molar-refractivity contribution in [2.45, 2.75) is 32.5 Å². The molecule has 2 N–H and O–H groups in total. The van der Waals surface area contributed by atoms with E-state index in [0.29, 0.717) is 6.42 Å². The van der Waals surface area contributed by atoms with Gasteiger partial charge in [-0.2, -0.15) is 0 Å². The highest BCUT2D eigenvalue weighted by atomic mass is 16.1. The van der Waals surface area contributed by atoms with Gasteiger partial charge in [-0.3, -0.25) is 4.79 Å². The van der Waals surface area contributed by atoms with Gasteiger partial charge >= 0.3 is 0 Å². The lowest BCUT2D eigenvalue weighted by Gasteiger charge is -2.11. The second-order valence-corrected chi connectivity index (χ2v) is 3.76. The van der Waals surface area contributed by atoms with Gasteiger partial charge in [0, 0.05) is 38.3 Å². The summed E-state index contributed by atoms with van der Waals surface area (Å²) in [6, 6.07) is 0.262. The average molecular weight is 208 g/mol. The van der Waals surface area contributed by atoms with Gasteiger partial charge in [-0.25, -0.2) is 4.98 Å². The molecule has 1 aromatic heterocycles. The monoisotopic (exact) mass is 208 g/mol. The van der Waals surface area contributed by atoms with Gasteiger partial charge in [-0.1, -0.05) is 0 Å². The van der Waals surface area contributed by atoms with Gasteiger partial charge in [-0.15, -0.1) is 0 Å². The normalized spacial score (nSPS) is 20.6. The van der Waals surface area contributed by atoms with E-state index in [4.69, 9.17) is 0 Å². The van der Waals surface area contributed by atoms with Crippen LogP contribution in [0.5, 0.6) is 0 Å². The van der Waals surface area contributed by atoms with Crippen LogP contribution in [0.1, 0.15) is 19.0 Å². The van der Waals surface area contributed by atoms with E-state index in [2.05, 4.69) is 27.1 Å². The van der Waals surface area contributed by atoms with Crippen molar-refractivity contribution < 1.29 is 4.79 Å². The third kappa shape index (κ3) is 2.36. The van der Waals surface area contributed by atoms with Crippen molar-refractivity contribution in [3.8, 4) is 0 Å². The topological polar surface area (TPSA) is 59.0 Å². The van der Waals surface area contributed by atoms with Gasteiger partial charge in [0.15, 0.2) is 0 Å². The molecule has 1 aliphatic rings. The SMILES string of the molecule is CCn1cncc1CNC1CNC(=O)C1. The fraction of sp³-hybridized carbons (Fsp3) is 0.600. The highest BCUT2D eigenvalue weighted by Gasteiger charge is 2.20. The molecule has 0 bridgehead atoms. The number of nitrogens with zero attached hydrogens (tertiary/aromatic N) is 2. The van der Waals surface area contributed by atoms with E-state index in [0.717, 1.165) is 25.3 Å². The van der Waals surface area contributed by atoms with Crippen molar-refractivity contribution in [1.82, 2.24) is 20.2 Å². The molecule has 1 aliphatic heterocycles. The van der Waals surface area contributed by atoms with Gasteiger partial charge in [-0.05, 0) is 6.92 Å². The second kappa shape index (κ2) is 4.44. The molecule has 1 unspecified atom stereocenters. The molecule has 5 heteroatoms. The summed E-state index contributed by atoms with van der Waals surface area (Å²) in [5.41, 5.74) is 1.16. The molecule has 2 rings (SSSR count). The Labute approximate surface area is 88.9 Å². The zero-order valence-corrected chi connectivity index (χ0v) is 8.86. The lowest BCUT2D eigenvalue weighted by Crippen LogP contribution is -2.31. The van der Waals surface area contributed by atoms with Crippen LogP contribution in [0.15, 0.2) is 12.5 Å². The molecule has 0 aromatic carbocycles. The van der Waals surface area contributed by atoms with Crippen LogP contribution in [0.4, 0.5) is 0 Å². The average Bonchev–Trinajstić information content (AvgIpc) is 2.83. The summed E-state index contributed by atoms with van der Waals surface area (Å²) in [4.78, 5) is 15.1. The highest BCUT2D eigenvalue weighted by Crippen LogP contribution is 2.03. The van der Waals surface area contributed by atoms with Gasteiger partial charge in [0.2, 0.25) is 5.91 Å². The quantitative estimate of drug-likeness (QED) is 0.725. The Hall–Kier alpha value is -1.36. The van der Waals surface area contributed by atoms with Gasteiger partial charge in [0.1, 0.15) is 0 Å². The number of imidazole rings is 1. The van der Waals surface area contributed by atoms with Crippen LogP contribution in [0.25, 0.3) is 0 Å². The number of hydrogen-bond acceptors (Lipinski definition) is 3. The van der Waals surface area contributed by atoms with E-state index in [1.54, 1.807) is 0 Å². The minimum atomic E-state index is 0.136. The molecule has 15 heavy (non-hydrogen) atoms. The fourth-order valence-corrected chi connectivity index (χ4v) is 1.78. The zero-order valence-electron chi connectivity index (χ0n) is 8.86. The van der Waals surface area contributed by atoms with Crippen LogP contribution in [0, 0.1) is 0 Å². The van der Waals surface area contributed by atoms with Crippen LogP contribution >= 0.6 is 0 Å². The minimum absolute atomic E-state index is 0.136. The van der Waals surface area contributed by atoms with Crippen molar-refractivity contribution in [1.29, 1.82) is 0 Å². The Morgan fingerprint density at radius 1 is 1.73 bits per heavy atom. The number of aromatic nitrogens is 2. The number of rotatable bonds is 4. The summed E-state index contributed by atoms with van der Waals surface area (Å²) >= 11 is 0. The minimum Gasteiger partial charge on any atom is -0.354 e. The van der Waals surface area contributed by atoms with E-state index in [1.807, 2.05) is 12.5 Å². The Kier molecular flexibility index (Phi) is 3.01. The number of hydrogen-bond donors (Lipinski definition) is 2. The highest BCUT2D eigenvalue weighted by molar-refractivity contribution is 5.78. The zero-order chi connectivity index (χ0) is 10.7. The molecule has 1 aromatic rings. The molecule has 5 nitrogen and oxygen atoms in total. The third-order valence-electron chi connectivity index (χ3n) is 2.69. The number of amides is 1. The molecule has 1 atom stereocenters. The van der Waals surface area contributed by atoms with Gasteiger partial charge in [0.25, 0.3) is 0 Å². The van der Waals surface area contributed by atoms with Crippen LogP contribution in [-0.2, 0) is 17.9 Å². The van der Waals surface area contributed by atoms with Crippen molar-refractivity contribution in [3.05, 3.63) is 18.2 Å². The summed E-state index contributed by atoms with van der Waals surface area (Å²) in [5.74, 6) is 0.136. The summed E-state index contributed by atoms with van der Waals surface area (Å²) in [6.45, 7) is 4.53. The molecular weight excluding hydrogens is 192 g/mol. The van der Waals surface area contributed by atoms with Crippen molar-refractivity contribution >= 4 is 5.91 Å². The molecule has 82 valence electrons. The number of carbonyl (C=O) groups is 1. The third-order valence-corrected chi connectivity index (χ3v) is 2.69. The number of carbonyl (C=O) groups excluding carboxylic acids is 1. The van der Waals surface area contributed by atoms with Gasteiger partial charge in [0.05, 0.1) is 12.0 Å². The van der Waals surface area contributed by atoms with E-state index >= 15 is 0 Å². The summed E-state index contributed by atoms with van der Waals surface area (Å²) in [7, 11) is 0. The smallest absolute Gasteiger partial charge is 0.221 e. The lowest BCUT2D eigenvalue weighted by atomic mass is 10.2. The van der Waals surface area contributed by atoms with Crippen LogP contribution in [0.2, 0.25) is 0 Å². The maximum absolute atomic E-state index is 11.0. The largest absolute Gasteiger partial charge is 0.354 e. The summed E-state index contributed by atoms with van der Waals surface area (Å²) in [6.07, 6.45) is 4.27. The molecule has 0 radical (unpaired) electrons. The number of nitrogens with one attached hydrogen (secondary N) is 2. The molecule has 0 spiro atoms. The molecule has 1 saturated heterocycles. The first-order valence-electron chi connectivity index (χ1n) is 5.28. The van der Waals surface area contributed by atoms with Crippen LogP contribution in [0.3, 0.4) is 0 Å². The molecule has 1 fully saturated rings. The Bertz CT molecular complexity index is 347. The Balaban J connectivity index is 1.85. The Morgan fingerprint density at radius 3 is 3.27 bits per heavy atom. The summed E-state index contributed by atoms with van der Waals surface area (Å²) < 4.78 is 2.09. The molecule has 2 heterocycles. The lowest BCUT2D eigenvalue weighted by molar-refractivity contribution is -0.119. The van der Waals surface area contributed by atoms with Crippen molar-refractivity contribution in [2.24, 2.45) is 0 Å². The van der Waals surface area contributed by atoms with Crippen molar-refractivity contribution in [3.63, 3.8) is 0 Å². The summed E-state index contributed by atoms with van der Waals surface area (Å²) in [5, 5.41) is 6.15. The van der Waals surface area contributed by atoms with Crippen LogP contribution in [-0.4, -0.2) is 28.0 Å². The van der Waals surface area contributed by atoms with E-state index in [-0.39, 0.29) is 11.9 Å². The van der Waals surface area contributed by atoms with E-state index in [9.17, 15) is 4.79 Å². The number of aryl methyl sites for hydroxylation is 1. The standard InChI is InChI=1S/C10H16N4O/c1-2-14-7-11-5-9(14)6-12-8-3-10(15)13-4-8/h5,7-8,12H,2-4,6H2,1H3,(H,13,15). The first-order valence-corrected chi connectivity index (χ1v) is 5.28. The van der Waals surface area contributed by atoms with Crippen LogP contribution < -0.4 is 10.6 Å². The van der Waals surface area contributed by atoms with E-state index in [1.165, 1.54) is 0 Å². The fourth-order valence-electron chi connectivity index (χ4n) is 1.78. The molecular formula is C10H16N4O. The molecule has 1 amide bonds. The maximum atomic E-state index is 11.0. The first kappa shape index (κ1) is 10.2. The maximum Gasteiger partial charge on any atom is 0.221 e. The molecule has 0 saturated carbocycles. The van der Waals surface area contributed by atoms with Gasteiger partial charge < -0.3 is 15.2 Å². The molecule has 0 aliphatic carbocycles.